The minimum atomic E-state index is -3.25. The summed E-state index contributed by atoms with van der Waals surface area (Å²) in [6, 6.07) is 0.191. The molecule has 1 aliphatic carbocycles. The zero-order valence-corrected chi connectivity index (χ0v) is 8.89. The van der Waals surface area contributed by atoms with Crippen LogP contribution in [0.2, 0.25) is 0 Å². The Morgan fingerprint density at radius 1 is 1.54 bits per heavy atom. The van der Waals surface area contributed by atoms with Crippen LogP contribution in [0.5, 0.6) is 0 Å². The number of rotatable bonds is 3. The monoisotopic (exact) mass is 205 g/mol. The predicted octanol–water partition coefficient (Wildman–Crippen LogP) is -0.0559. The molecule has 1 amide bonds. The second-order valence-electron chi connectivity index (χ2n) is 3.80. The first-order valence-electron chi connectivity index (χ1n) is 4.31. The van der Waals surface area contributed by atoms with Crippen LogP contribution >= 0.6 is 0 Å². The second kappa shape index (κ2) is 3.29. The Kier molecular flexibility index (Phi) is 2.66. The fourth-order valence-corrected chi connectivity index (χ4v) is 1.47. The first-order valence-corrected chi connectivity index (χ1v) is 6.27. The van der Waals surface area contributed by atoms with Crippen molar-refractivity contribution in [2.45, 2.75) is 31.6 Å². The first-order chi connectivity index (χ1) is 5.82. The quantitative estimate of drug-likeness (QED) is 0.702. The van der Waals surface area contributed by atoms with E-state index in [0.717, 1.165) is 12.7 Å². The summed E-state index contributed by atoms with van der Waals surface area (Å²) in [4.78, 5) is 11.3. The SMILES string of the molecule is CC(C(=O)N[C@@H]1C[C@H]1C)S(C)(=O)=O. The van der Waals surface area contributed by atoms with Gasteiger partial charge in [0.15, 0.2) is 9.84 Å². The molecule has 0 aromatic rings. The van der Waals surface area contributed by atoms with E-state index in [9.17, 15) is 13.2 Å². The Morgan fingerprint density at radius 3 is 2.31 bits per heavy atom. The molecule has 1 aliphatic rings. The molecule has 3 atom stereocenters. The molecule has 5 heteroatoms. The van der Waals surface area contributed by atoms with Crippen molar-refractivity contribution in [1.29, 1.82) is 0 Å². The number of nitrogens with one attached hydrogen (secondary N) is 1. The zero-order chi connectivity index (χ0) is 10.2. The smallest absolute Gasteiger partial charge is 0.238 e. The van der Waals surface area contributed by atoms with Crippen LogP contribution in [0.15, 0.2) is 0 Å². The van der Waals surface area contributed by atoms with Gasteiger partial charge in [-0.2, -0.15) is 0 Å². The second-order valence-corrected chi connectivity index (χ2v) is 6.17. The van der Waals surface area contributed by atoms with E-state index in [1.54, 1.807) is 0 Å². The molecule has 1 rings (SSSR count). The van der Waals surface area contributed by atoms with Gasteiger partial charge < -0.3 is 5.32 Å². The maximum absolute atomic E-state index is 11.3. The average Bonchev–Trinajstić information content (AvgIpc) is 2.63. The van der Waals surface area contributed by atoms with Gasteiger partial charge in [0, 0.05) is 12.3 Å². The molecule has 0 heterocycles. The highest BCUT2D eigenvalue weighted by Crippen LogP contribution is 2.29. The Hall–Kier alpha value is -0.580. The van der Waals surface area contributed by atoms with Gasteiger partial charge in [-0.25, -0.2) is 8.42 Å². The third kappa shape index (κ3) is 2.69. The molecule has 4 nitrogen and oxygen atoms in total. The van der Waals surface area contributed by atoms with Crippen molar-refractivity contribution in [2.24, 2.45) is 5.92 Å². The third-order valence-corrected chi connectivity index (χ3v) is 3.95. The van der Waals surface area contributed by atoms with Crippen molar-refractivity contribution in [1.82, 2.24) is 5.32 Å². The van der Waals surface area contributed by atoms with Crippen LogP contribution in [-0.4, -0.2) is 31.9 Å². The van der Waals surface area contributed by atoms with Crippen LogP contribution in [0.4, 0.5) is 0 Å². The number of sulfone groups is 1. The fourth-order valence-electron chi connectivity index (χ4n) is 1.02. The molecule has 76 valence electrons. The number of hydrogen-bond donors (Lipinski definition) is 1. The number of carbonyl (C=O) groups is 1. The summed E-state index contributed by atoms with van der Waals surface area (Å²) in [7, 11) is -3.25. The minimum absolute atomic E-state index is 0.191. The predicted molar refractivity (Wildman–Crippen MR) is 50.0 cm³/mol. The third-order valence-electron chi connectivity index (χ3n) is 2.45. The molecule has 0 aliphatic heterocycles. The fraction of sp³-hybridized carbons (Fsp3) is 0.875. The lowest BCUT2D eigenvalue weighted by Crippen LogP contribution is -2.38. The van der Waals surface area contributed by atoms with Crippen LogP contribution in [-0.2, 0) is 14.6 Å². The number of carbonyl (C=O) groups excluding carboxylic acids is 1. The molecular weight excluding hydrogens is 190 g/mol. The van der Waals surface area contributed by atoms with E-state index in [1.807, 2.05) is 6.92 Å². The molecule has 0 radical (unpaired) electrons. The van der Waals surface area contributed by atoms with Crippen molar-refractivity contribution in [2.75, 3.05) is 6.26 Å². The van der Waals surface area contributed by atoms with Gasteiger partial charge in [-0.05, 0) is 19.3 Å². The van der Waals surface area contributed by atoms with E-state index < -0.39 is 15.1 Å². The number of amides is 1. The largest absolute Gasteiger partial charge is 0.352 e. The molecule has 0 bridgehead atoms. The van der Waals surface area contributed by atoms with Crippen molar-refractivity contribution >= 4 is 15.7 Å². The van der Waals surface area contributed by atoms with E-state index in [-0.39, 0.29) is 11.9 Å². The molecule has 1 N–H and O–H groups in total. The summed E-state index contributed by atoms with van der Waals surface area (Å²) in [5.41, 5.74) is 0. The summed E-state index contributed by atoms with van der Waals surface area (Å²) < 4.78 is 22.0. The maximum Gasteiger partial charge on any atom is 0.238 e. The number of hydrogen-bond acceptors (Lipinski definition) is 3. The molecule has 1 fully saturated rings. The maximum atomic E-state index is 11.3. The minimum Gasteiger partial charge on any atom is -0.352 e. The zero-order valence-electron chi connectivity index (χ0n) is 8.07. The van der Waals surface area contributed by atoms with Gasteiger partial charge in [0.05, 0.1) is 0 Å². The van der Waals surface area contributed by atoms with Gasteiger partial charge in [-0.15, -0.1) is 0 Å². The normalized spacial score (nSPS) is 29.5. The van der Waals surface area contributed by atoms with E-state index >= 15 is 0 Å². The molecule has 1 saturated carbocycles. The van der Waals surface area contributed by atoms with Gasteiger partial charge >= 0.3 is 0 Å². The molecule has 13 heavy (non-hydrogen) atoms. The van der Waals surface area contributed by atoms with E-state index in [0.29, 0.717) is 5.92 Å². The van der Waals surface area contributed by atoms with Crippen LogP contribution in [0.3, 0.4) is 0 Å². The lowest BCUT2D eigenvalue weighted by atomic mass is 10.4. The van der Waals surface area contributed by atoms with Crippen molar-refractivity contribution < 1.29 is 13.2 Å². The van der Waals surface area contributed by atoms with Crippen molar-refractivity contribution in [3.63, 3.8) is 0 Å². The van der Waals surface area contributed by atoms with E-state index in [1.165, 1.54) is 6.92 Å². The molecule has 0 saturated heterocycles. The van der Waals surface area contributed by atoms with Gasteiger partial charge in [0.2, 0.25) is 5.91 Å². The highest BCUT2D eigenvalue weighted by molar-refractivity contribution is 7.92. The molecule has 0 aromatic heterocycles. The molecular formula is C8H15NO3S. The van der Waals surface area contributed by atoms with E-state index in [2.05, 4.69) is 5.32 Å². The van der Waals surface area contributed by atoms with Crippen LogP contribution < -0.4 is 5.32 Å². The topological polar surface area (TPSA) is 63.2 Å². The van der Waals surface area contributed by atoms with Gasteiger partial charge in [-0.3, -0.25) is 4.79 Å². The highest BCUT2D eigenvalue weighted by atomic mass is 32.2. The Morgan fingerprint density at radius 2 is 2.00 bits per heavy atom. The van der Waals surface area contributed by atoms with Crippen molar-refractivity contribution in [3.8, 4) is 0 Å². The summed E-state index contributed by atoms with van der Waals surface area (Å²) in [5, 5.41) is 1.76. The Labute approximate surface area is 78.6 Å². The van der Waals surface area contributed by atoms with Crippen molar-refractivity contribution in [3.05, 3.63) is 0 Å². The molecule has 1 unspecified atom stereocenters. The van der Waals surface area contributed by atoms with Crippen LogP contribution in [0, 0.1) is 5.92 Å². The highest BCUT2D eigenvalue weighted by Gasteiger charge is 2.36. The first kappa shape index (κ1) is 10.5. The summed E-state index contributed by atoms with van der Waals surface area (Å²) in [6.45, 7) is 3.44. The van der Waals surface area contributed by atoms with Gasteiger partial charge in [-0.1, -0.05) is 6.92 Å². The Bertz CT molecular complexity index is 309. The van der Waals surface area contributed by atoms with E-state index in [4.69, 9.17) is 0 Å². The molecule has 0 spiro atoms. The molecule has 0 aromatic carbocycles. The summed E-state index contributed by atoms with van der Waals surface area (Å²) >= 11 is 0. The standard InChI is InChI=1S/C8H15NO3S/c1-5-4-7(5)9-8(10)6(2)13(3,11)12/h5-7H,4H2,1-3H3,(H,9,10)/t5-,6?,7-/m1/s1. The van der Waals surface area contributed by atoms with Gasteiger partial charge in [0.25, 0.3) is 0 Å². The Balaban J connectivity index is 2.49. The lowest BCUT2D eigenvalue weighted by Gasteiger charge is -2.09. The van der Waals surface area contributed by atoms with Crippen LogP contribution in [0.1, 0.15) is 20.3 Å². The average molecular weight is 205 g/mol. The van der Waals surface area contributed by atoms with Crippen LogP contribution in [0.25, 0.3) is 0 Å². The van der Waals surface area contributed by atoms with Gasteiger partial charge in [0.1, 0.15) is 5.25 Å². The summed E-state index contributed by atoms with van der Waals surface area (Å²) in [5.74, 6) is 0.118. The lowest BCUT2D eigenvalue weighted by molar-refractivity contribution is -0.120. The summed E-state index contributed by atoms with van der Waals surface area (Å²) in [6.07, 6.45) is 2.04.